The van der Waals surface area contributed by atoms with Gasteiger partial charge in [0, 0.05) is 6.04 Å². The lowest BCUT2D eigenvalue weighted by molar-refractivity contribution is -0.0438. The van der Waals surface area contributed by atoms with E-state index in [1.165, 1.54) is 18.2 Å². The van der Waals surface area contributed by atoms with Crippen LogP contribution in [0, 0.1) is 0 Å². The van der Waals surface area contributed by atoms with E-state index in [1.54, 1.807) is 0 Å². The number of nitrogens with two attached hydrogens (primary N) is 1. The number of hydrogen-bond acceptors (Lipinski definition) is 4. The number of halogens is 3. The van der Waals surface area contributed by atoms with Crippen molar-refractivity contribution < 1.29 is 26.3 Å². The van der Waals surface area contributed by atoms with Gasteiger partial charge in [-0.2, -0.15) is 13.2 Å². The fourth-order valence-corrected chi connectivity index (χ4v) is 3.25. The summed E-state index contributed by atoms with van der Waals surface area (Å²) in [5.74, 6) is -0.270. The van der Waals surface area contributed by atoms with E-state index in [4.69, 9.17) is 10.5 Å². The fraction of sp³-hybridized carbons (Fsp3) is 0.538. The van der Waals surface area contributed by atoms with Crippen LogP contribution in [-0.2, 0) is 9.84 Å². The number of sulfone groups is 1. The third kappa shape index (κ3) is 3.49. The predicted molar refractivity (Wildman–Crippen MR) is 70.5 cm³/mol. The summed E-state index contributed by atoms with van der Waals surface area (Å²) in [5, 5.41) is 0. The molecule has 0 amide bonds. The molecule has 1 aliphatic carbocycles. The first-order valence-corrected chi connectivity index (χ1v) is 8.03. The highest BCUT2D eigenvalue weighted by Crippen LogP contribution is 2.36. The maximum Gasteiger partial charge on any atom is 0.502 e. The normalized spacial score (nSPS) is 23.8. The summed E-state index contributed by atoms with van der Waals surface area (Å²) in [5.41, 5.74) is 0.442. The lowest BCUT2D eigenvalue weighted by atomic mass is 9.93. The number of alkyl halides is 3. The summed E-state index contributed by atoms with van der Waals surface area (Å²) in [6.07, 6.45) is 2.43. The van der Waals surface area contributed by atoms with Crippen molar-refractivity contribution in [1.82, 2.24) is 0 Å². The van der Waals surface area contributed by atoms with Crippen LogP contribution in [-0.4, -0.2) is 26.1 Å². The second-order valence-corrected chi connectivity index (χ2v) is 6.97. The van der Waals surface area contributed by atoms with E-state index in [9.17, 15) is 21.6 Å². The van der Waals surface area contributed by atoms with Crippen molar-refractivity contribution in [2.75, 3.05) is 0 Å². The average molecular weight is 323 g/mol. The molecule has 8 heteroatoms. The average Bonchev–Trinajstić information content (AvgIpc) is 2.38. The summed E-state index contributed by atoms with van der Waals surface area (Å²) in [7, 11) is -5.43. The summed E-state index contributed by atoms with van der Waals surface area (Å²) in [6.45, 7) is 0. The molecule has 2 rings (SSSR count). The molecule has 0 bridgehead atoms. The van der Waals surface area contributed by atoms with Gasteiger partial charge in [-0.05, 0) is 37.8 Å². The maximum absolute atomic E-state index is 12.7. The van der Waals surface area contributed by atoms with Crippen molar-refractivity contribution in [1.29, 1.82) is 0 Å². The summed E-state index contributed by atoms with van der Waals surface area (Å²) in [6, 6.07) is 4.74. The van der Waals surface area contributed by atoms with Crippen LogP contribution in [0.15, 0.2) is 29.2 Å². The molecular weight excluding hydrogens is 307 g/mol. The SMILES string of the molecule is NC1CCCC(Oc2ccccc2S(=O)(=O)C(F)(F)F)C1. The van der Waals surface area contributed by atoms with Gasteiger partial charge in [-0.3, -0.25) is 0 Å². The molecule has 2 N–H and O–H groups in total. The van der Waals surface area contributed by atoms with Crippen molar-refractivity contribution in [3.63, 3.8) is 0 Å². The highest BCUT2D eigenvalue weighted by atomic mass is 32.2. The van der Waals surface area contributed by atoms with Gasteiger partial charge in [-0.15, -0.1) is 0 Å². The van der Waals surface area contributed by atoms with Gasteiger partial charge in [-0.25, -0.2) is 8.42 Å². The highest BCUT2D eigenvalue weighted by molar-refractivity contribution is 7.92. The zero-order chi connectivity index (χ0) is 15.7. The van der Waals surface area contributed by atoms with E-state index < -0.39 is 20.2 Å². The molecule has 0 saturated heterocycles. The molecule has 1 fully saturated rings. The molecular formula is C13H16F3NO3S. The minimum atomic E-state index is -5.43. The van der Waals surface area contributed by atoms with Crippen LogP contribution < -0.4 is 10.5 Å². The Kier molecular flexibility index (Phi) is 4.48. The van der Waals surface area contributed by atoms with Crippen LogP contribution in [0.4, 0.5) is 13.2 Å². The van der Waals surface area contributed by atoms with Crippen LogP contribution >= 0.6 is 0 Å². The van der Waals surface area contributed by atoms with Gasteiger partial charge < -0.3 is 10.5 Å². The fourth-order valence-electron chi connectivity index (χ4n) is 2.36. The van der Waals surface area contributed by atoms with Crippen LogP contribution in [0.1, 0.15) is 25.7 Å². The van der Waals surface area contributed by atoms with Gasteiger partial charge in [0.25, 0.3) is 9.84 Å². The molecule has 21 heavy (non-hydrogen) atoms. The molecule has 0 heterocycles. The number of rotatable bonds is 3. The second kappa shape index (κ2) is 5.84. The quantitative estimate of drug-likeness (QED) is 0.928. The van der Waals surface area contributed by atoms with Gasteiger partial charge in [0.1, 0.15) is 16.7 Å². The Balaban J connectivity index is 2.30. The Labute approximate surface area is 121 Å². The Morgan fingerprint density at radius 1 is 1.19 bits per heavy atom. The molecule has 4 nitrogen and oxygen atoms in total. The third-order valence-electron chi connectivity index (χ3n) is 3.40. The first-order valence-electron chi connectivity index (χ1n) is 6.54. The van der Waals surface area contributed by atoms with Gasteiger partial charge in [0.2, 0.25) is 0 Å². The van der Waals surface area contributed by atoms with Gasteiger partial charge in [0.05, 0.1) is 0 Å². The van der Waals surface area contributed by atoms with Crippen molar-refractivity contribution in [2.45, 2.75) is 48.2 Å². The first-order chi connectivity index (χ1) is 9.72. The Bertz CT molecular complexity index is 601. The summed E-state index contributed by atoms with van der Waals surface area (Å²) >= 11 is 0. The van der Waals surface area contributed by atoms with Crippen LogP contribution in [0.3, 0.4) is 0 Å². The lowest BCUT2D eigenvalue weighted by Crippen LogP contribution is -2.34. The van der Waals surface area contributed by atoms with Crippen molar-refractivity contribution in [3.8, 4) is 5.75 Å². The minimum absolute atomic E-state index is 0.0739. The van der Waals surface area contributed by atoms with E-state index in [0.29, 0.717) is 12.8 Å². The Morgan fingerprint density at radius 3 is 2.48 bits per heavy atom. The van der Waals surface area contributed by atoms with Crippen LogP contribution in [0.25, 0.3) is 0 Å². The molecule has 2 atom stereocenters. The molecule has 1 aliphatic rings. The monoisotopic (exact) mass is 323 g/mol. The lowest BCUT2D eigenvalue weighted by Gasteiger charge is -2.28. The first kappa shape index (κ1) is 16.1. The molecule has 1 saturated carbocycles. The smallest absolute Gasteiger partial charge is 0.489 e. The standard InChI is InChI=1S/C13H16F3NO3S/c14-13(15,16)21(18,19)12-7-2-1-6-11(12)20-10-5-3-4-9(17)8-10/h1-2,6-7,9-10H,3-5,8,17H2. The molecule has 0 spiro atoms. The molecule has 1 aromatic carbocycles. The van der Waals surface area contributed by atoms with E-state index in [1.807, 2.05) is 0 Å². The molecule has 118 valence electrons. The second-order valence-electron chi connectivity index (χ2n) is 5.06. The summed E-state index contributed by atoms with van der Waals surface area (Å²) < 4.78 is 66.6. The van der Waals surface area contributed by atoms with Gasteiger partial charge in [0.15, 0.2) is 0 Å². The van der Waals surface area contributed by atoms with E-state index in [0.717, 1.165) is 18.9 Å². The molecule has 0 radical (unpaired) electrons. The van der Waals surface area contributed by atoms with Crippen LogP contribution in [0.5, 0.6) is 5.75 Å². The van der Waals surface area contributed by atoms with E-state index in [-0.39, 0.29) is 17.9 Å². The van der Waals surface area contributed by atoms with Crippen molar-refractivity contribution in [2.24, 2.45) is 5.73 Å². The number of ether oxygens (including phenoxy) is 1. The molecule has 0 aromatic heterocycles. The number of benzene rings is 1. The van der Waals surface area contributed by atoms with Gasteiger partial charge in [-0.1, -0.05) is 12.1 Å². The number of hydrogen-bond donors (Lipinski definition) is 1. The Morgan fingerprint density at radius 2 is 1.86 bits per heavy atom. The molecule has 0 aliphatic heterocycles. The van der Waals surface area contributed by atoms with Crippen LogP contribution in [0.2, 0.25) is 0 Å². The number of para-hydroxylation sites is 1. The minimum Gasteiger partial charge on any atom is -0.489 e. The maximum atomic E-state index is 12.7. The van der Waals surface area contributed by atoms with Crippen molar-refractivity contribution >= 4 is 9.84 Å². The highest BCUT2D eigenvalue weighted by Gasteiger charge is 2.48. The van der Waals surface area contributed by atoms with E-state index >= 15 is 0 Å². The van der Waals surface area contributed by atoms with Gasteiger partial charge >= 0.3 is 5.51 Å². The topological polar surface area (TPSA) is 69.4 Å². The molecule has 2 unspecified atom stereocenters. The third-order valence-corrected chi connectivity index (χ3v) is 4.93. The van der Waals surface area contributed by atoms with Crippen molar-refractivity contribution in [3.05, 3.63) is 24.3 Å². The molecule has 1 aromatic rings. The largest absolute Gasteiger partial charge is 0.502 e. The Hall–Kier alpha value is -1.28. The van der Waals surface area contributed by atoms with E-state index in [2.05, 4.69) is 0 Å². The zero-order valence-corrected chi connectivity index (χ0v) is 12.0. The zero-order valence-electron chi connectivity index (χ0n) is 11.1. The summed E-state index contributed by atoms with van der Waals surface area (Å²) in [4.78, 5) is -0.850. The predicted octanol–water partition coefficient (Wildman–Crippen LogP) is 2.63.